The van der Waals surface area contributed by atoms with Crippen LogP contribution in [0.1, 0.15) is 31.9 Å². The molecule has 1 nitrogen and oxygen atoms in total. The summed E-state index contributed by atoms with van der Waals surface area (Å²) in [6.07, 6.45) is 1.37. The van der Waals surface area contributed by atoms with Crippen molar-refractivity contribution in [3.8, 4) is 0 Å². The maximum absolute atomic E-state index is 5.81. The first-order valence-electron chi connectivity index (χ1n) is 4.97. The van der Waals surface area contributed by atoms with Crippen LogP contribution in [-0.4, -0.2) is 6.61 Å². The van der Waals surface area contributed by atoms with E-state index in [9.17, 15) is 0 Å². The van der Waals surface area contributed by atoms with E-state index < -0.39 is 0 Å². The van der Waals surface area contributed by atoms with E-state index in [-0.39, 0.29) is 11.5 Å². The number of rotatable bonds is 1. The Hall–Kier alpha value is -0.340. The molecule has 1 saturated heterocycles. The van der Waals surface area contributed by atoms with Crippen LogP contribution in [0.15, 0.2) is 28.7 Å². The third-order valence-electron chi connectivity index (χ3n) is 2.93. The molecule has 1 aromatic rings. The van der Waals surface area contributed by atoms with Crippen molar-refractivity contribution in [2.45, 2.75) is 26.4 Å². The van der Waals surface area contributed by atoms with Crippen LogP contribution in [0.5, 0.6) is 0 Å². The predicted octanol–water partition coefficient (Wildman–Crippen LogP) is 3.94. The number of hydrogen-bond donors (Lipinski definition) is 0. The van der Waals surface area contributed by atoms with Crippen molar-refractivity contribution in [1.29, 1.82) is 0 Å². The van der Waals surface area contributed by atoms with Crippen LogP contribution in [0.3, 0.4) is 0 Å². The second-order valence-corrected chi connectivity index (χ2v) is 5.37. The number of ether oxygens (including phenoxy) is 1. The van der Waals surface area contributed by atoms with Crippen LogP contribution >= 0.6 is 15.9 Å². The summed E-state index contributed by atoms with van der Waals surface area (Å²) in [4.78, 5) is 0. The fourth-order valence-electron chi connectivity index (χ4n) is 1.99. The lowest BCUT2D eigenvalue weighted by atomic mass is 9.82. The quantitative estimate of drug-likeness (QED) is 0.738. The summed E-state index contributed by atoms with van der Waals surface area (Å²) in [5.41, 5.74) is 1.53. The molecule has 2 heteroatoms. The zero-order valence-electron chi connectivity index (χ0n) is 8.59. The molecule has 1 aliphatic rings. The summed E-state index contributed by atoms with van der Waals surface area (Å²) >= 11 is 3.58. The zero-order chi connectivity index (χ0) is 10.2. The Morgan fingerprint density at radius 3 is 2.64 bits per heavy atom. The Labute approximate surface area is 93.6 Å². The first kappa shape index (κ1) is 10.2. The van der Waals surface area contributed by atoms with Crippen LogP contribution in [-0.2, 0) is 4.74 Å². The topological polar surface area (TPSA) is 9.23 Å². The predicted molar refractivity (Wildman–Crippen MR) is 61.2 cm³/mol. The monoisotopic (exact) mass is 254 g/mol. The third-order valence-corrected chi connectivity index (χ3v) is 3.65. The lowest BCUT2D eigenvalue weighted by molar-refractivity contribution is 0.0631. The minimum Gasteiger partial charge on any atom is -0.373 e. The highest BCUT2D eigenvalue weighted by molar-refractivity contribution is 9.10. The second kappa shape index (κ2) is 3.67. The fourth-order valence-corrected chi connectivity index (χ4v) is 2.49. The molecule has 0 aromatic heterocycles. The van der Waals surface area contributed by atoms with E-state index in [0.717, 1.165) is 17.5 Å². The number of benzene rings is 1. The summed E-state index contributed by atoms with van der Waals surface area (Å²) in [6, 6.07) is 8.32. The van der Waals surface area contributed by atoms with Gasteiger partial charge in [0.2, 0.25) is 0 Å². The smallest absolute Gasteiger partial charge is 0.0887 e. The van der Waals surface area contributed by atoms with E-state index in [1.807, 2.05) is 6.07 Å². The van der Waals surface area contributed by atoms with Crippen LogP contribution in [0.25, 0.3) is 0 Å². The minimum atomic E-state index is 0.234. The van der Waals surface area contributed by atoms with Crippen LogP contribution in [0.4, 0.5) is 0 Å². The third kappa shape index (κ3) is 1.73. The highest BCUT2D eigenvalue weighted by Gasteiger charge is 2.37. The van der Waals surface area contributed by atoms with E-state index in [2.05, 4.69) is 48.0 Å². The average Bonchev–Trinajstić information content (AvgIpc) is 2.46. The van der Waals surface area contributed by atoms with Crippen molar-refractivity contribution in [3.05, 3.63) is 34.3 Å². The highest BCUT2D eigenvalue weighted by atomic mass is 79.9. The molecule has 1 heterocycles. The van der Waals surface area contributed by atoms with E-state index >= 15 is 0 Å². The maximum atomic E-state index is 5.81. The Morgan fingerprint density at radius 1 is 1.36 bits per heavy atom. The standard InChI is InChI=1S/C12H15BrO/c1-12(2)7-8-14-11(12)9-5-3-4-6-10(9)13/h3-6,11H,7-8H2,1-2H3. The van der Waals surface area contributed by atoms with Gasteiger partial charge in [0.1, 0.15) is 0 Å². The molecule has 1 fully saturated rings. The van der Waals surface area contributed by atoms with Gasteiger partial charge in [-0.2, -0.15) is 0 Å². The average molecular weight is 255 g/mol. The summed E-state index contributed by atoms with van der Waals surface area (Å²) in [6.45, 7) is 5.41. The Morgan fingerprint density at radius 2 is 2.07 bits per heavy atom. The van der Waals surface area contributed by atoms with E-state index in [1.54, 1.807) is 0 Å². The molecule has 0 saturated carbocycles. The van der Waals surface area contributed by atoms with Gasteiger partial charge in [0, 0.05) is 11.1 Å². The van der Waals surface area contributed by atoms with Crippen LogP contribution in [0.2, 0.25) is 0 Å². The molecule has 1 aliphatic heterocycles. The molecule has 0 bridgehead atoms. The largest absolute Gasteiger partial charge is 0.373 e. The molecule has 0 N–H and O–H groups in total. The molecule has 0 amide bonds. The zero-order valence-corrected chi connectivity index (χ0v) is 10.2. The fraction of sp³-hybridized carbons (Fsp3) is 0.500. The number of halogens is 1. The number of hydrogen-bond acceptors (Lipinski definition) is 1. The second-order valence-electron chi connectivity index (χ2n) is 4.51. The van der Waals surface area contributed by atoms with Crippen LogP contribution in [0, 0.1) is 5.41 Å². The molecular formula is C12H15BrO. The van der Waals surface area contributed by atoms with Gasteiger partial charge in [-0.25, -0.2) is 0 Å². The molecule has 76 valence electrons. The van der Waals surface area contributed by atoms with Crippen molar-refractivity contribution in [2.75, 3.05) is 6.61 Å². The van der Waals surface area contributed by atoms with E-state index in [0.29, 0.717) is 0 Å². The van der Waals surface area contributed by atoms with Crippen molar-refractivity contribution in [1.82, 2.24) is 0 Å². The maximum Gasteiger partial charge on any atom is 0.0887 e. The van der Waals surface area contributed by atoms with Gasteiger partial charge in [0.15, 0.2) is 0 Å². The SMILES string of the molecule is CC1(C)CCOC1c1ccccc1Br. The Kier molecular flexibility index (Phi) is 2.67. The van der Waals surface area contributed by atoms with Gasteiger partial charge < -0.3 is 4.74 Å². The van der Waals surface area contributed by atoms with Gasteiger partial charge in [-0.15, -0.1) is 0 Å². The van der Waals surface area contributed by atoms with Gasteiger partial charge in [0.25, 0.3) is 0 Å². The van der Waals surface area contributed by atoms with Crippen LogP contribution < -0.4 is 0 Å². The van der Waals surface area contributed by atoms with Gasteiger partial charge in [-0.3, -0.25) is 0 Å². The molecule has 1 atom stereocenters. The van der Waals surface area contributed by atoms with Crippen molar-refractivity contribution in [3.63, 3.8) is 0 Å². The van der Waals surface area contributed by atoms with E-state index in [4.69, 9.17) is 4.74 Å². The van der Waals surface area contributed by atoms with Crippen molar-refractivity contribution >= 4 is 15.9 Å². The van der Waals surface area contributed by atoms with Gasteiger partial charge in [0.05, 0.1) is 6.10 Å². The lowest BCUT2D eigenvalue weighted by Gasteiger charge is -2.26. The van der Waals surface area contributed by atoms with Gasteiger partial charge in [-0.05, 0) is 23.5 Å². The molecule has 1 unspecified atom stereocenters. The Bertz CT molecular complexity index is 333. The molecule has 14 heavy (non-hydrogen) atoms. The molecule has 0 spiro atoms. The van der Waals surface area contributed by atoms with Gasteiger partial charge in [-0.1, -0.05) is 48.0 Å². The van der Waals surface area contributed by atoms with E-state index in [1.165, 1.54) is 5.56 Å². The summed E-state index contributed by atoms with van der Waals surface area (Å²) in [7, 11) is 0. The molecule has 1 aromatic carbocycles. The Balaban J connectivity index is 2.36. The minimum absolute atomic E-state index is 0.234. The van der Waals surface area contributed by atoms with Crippen molar-refractivity contribution in [2.24, 2.45) is 5.41 Å². The normalized spacial score (nSPS) is 25.2. The van der Waals surface area contributed by atoms with Gasteiger partial charge >= 0.3 is 0 Å². The first-order chi connectivity index (χ1) is 6.61. The summed E-state index contributed by atoms with van der Waals surface area (Å²) in [5, 5.41) is 0. The highest BCUT2D eigenvalue weighted by Crippen LogP contribution is 2.46. The first-order valence-corrected chi connectivity index (χ1v) is 5.76. The van der Waals surface area contributed by atoms with Crippen molar-refractivity contribution < 1.29 is 4.74 Å². The molecule has 2 rings (SSSR count). The summed E-state index contributed by atoms with van der Waals surface area (Å²) in [5.74, 6) is 0. The molecule has 0 radical (unpaired) electrons. The molecule has 0 aliphatic carbocycles. The molecular weight excluding hydrogens is 240 g/mol. The lowest BCUT2D eigenvalue weighted by Crippen LogP contribution is -2.16. The summed E-state index contributed by atoms with van der Waals surface area (Å²) < 4.78 is 6.96.